The molecule has 0 atom stereocenters. The van der Waals surface area contributed by atoms with E-state index in [1.54, 1.807) is 0 Å². The number of rotatable bonds is 28. The highest BCUT2D eigenvalue weighted by Gasteiger charge is 2.35. The van der Waals surface area contributed by atoms with Crippen LogP contribution < -0.4 is 0 Å². The molecule has 1 aliphatic heterocycles. The zero-order chi connectivity index (χ0) is 36.7. The van der Waals surface area contributed by atoms with Crippen LogP contribution in [-0.4, -0.2) is 10.4 Å². The van der Waals surface area contributed by atoms with Gasteiger partial charge in [0.25, 0.3) is 0 Å². The first kappa shape index (κ1) is 42.8. The summed E-state index contributed by atoms with van der Waals surface area (Å²) in [7, 11) is 0. The normalized spacial score (nSPS) is 14.1. The molecule has 2 aromatic carbocycles. The second-order valence-electron chi connectivity index (χ2n) is 15.7. The monoisotopic (exact) mass is 695 g/mol. The van der Waals surface area contributed by atoms with Crippen molar-refractivity contribution in [1.82, 2.24) is 0 Å². The third-order valence-electron chi connectivity index (χ3n) is 10.9. The molecule has 0 amide bonds. The lowest BCUT2D eigenvalue weighted by Crippen LogP contribution is -2.13. The first-order valence-corrected chi connectivity index (χ1v) is 22.1. The third kappa shape index (κ3) is 14.4. The highest BCUT2D eigenvalue weighted by Crippen LogP contribution is 2.39. The van der Waals surface area contributed by atoms with Crippen LogP contribution in [-0.2, 0) is 25.7 Å². The lowest BCUT2D eigenvalue weighted by Gasteiger charge is -2.13. The van der Waals surface area contributed by atoms with Crippen molar-refractivity contribution in [2.45, 2.75) is 208 Å². The molecule has 0 bridgehead atoms. The summed E-state index contributed by atoms with van der Waals surface area (Å²) < 4.78 is 1.91. The maximum atomic E-state index is 10.1. The summed E-state index contributed by atoms with van der Waals surface area (Å²) in [4.78, 5) is 0. The summed E-state index contributed by atoms with van der Waals surface area (Å²) in [5.41, 5.74) is 13.5. The molecule has 0 saturated heterocycles. The molecule has 0 aromatic heterocycles. The fraction of sp³-hybridized carbons (Fsp3) is 0.653. The van der Waals surface area contributed by atoms with Crippen molar-refractivity contribution in [2.24, 2.45) is 0 Å². The van der Waals surface area contributed by atoms with Crippen molar-refractivity contribution in [3.05, 3.63) is 92.8 Å². The number of unbranched alkanes of at least 4 members (excludes halogenated alkanes) is 15. The zero-order valence-corrected chi connectivity index (χ0v) is 34.4. The van der Waals surface area contributed by atoms with Gasteiger partial charge in [-0.1, -0.05) is 150 Å². The average Bonchev–Trinajstić information content (AvgIpc) is 3.42. The largest absolute Gasteiger partial charge is 0.448 e. The van der Waals surface area contributed by atoms with Gasteiger partial charge in [0.1, 0.15) is 0 Å². The van der Waals surface area contributed by atoms with E-state index in [9.17, 15) is 5.84 Å². The lowest BCUT2D eigenvalue weighted by molar-refractivity contribution is -0.347. The van der Waals surface area contributed by atoms with Crippen LogP contribution in [0.5, 0.6) is 0 Å². The summed E-state index contributed by atoms with van der Waals surface area (Å²) in [5.74, 6) is 10.1. The molecule has 0 saturated carbocycles. The van der Waals surface area contributed by atoms with Gasteiger partial charge in [-0.25, -0.2) is 4.68 Å². The maximum Gasteiger partial charge on any atom is 0.215 e. The molecule has 2 heteroatoms. The first-order chi connectivity index (χ1) is 25.0. The number of hydrogen-bond acceptors (Lipinski definition) is 0. The fourth-order valence-electron chi connectivity index (χ4n) is 7.85. The summed E-state index contributed by atoms with van der Waals surface area (Å²) in [5, 5.41) is 0. The van der Waals surface area contributed by atoms with Crippen LogP contribution >= 0.6 is 0 Å². The molecule has 2 nitrogen and oxygen atoms in total. The Labute approximate surface area is 316 Å². The highest BCUT2D eigenvalue weighted by atomic mass is 15.3. The van der Waals surface area contributed by atoms with E-state index >= 15 is 0 Å². The minimum atomic E-state index is 1.06. The Morgan fingerprint density at radius 2 is 0.824 bits per heavy atom. The van der Waals surface area contributed by atoms with Crippen molar-refractivity contribution in [3.63, 3.8) is 0 Å². The molecule has 1 N–H and O–H groups in total. The quantitative estimate of drug-likeness (QED) is 0.0626. The van der Waals surface area contributed by atoms with Gasteiger partial charge in [-0.05, 0) is 124 Å². The number of nitrogens with one attached hydrogen (secondary N) is 1. The van der Waals surface area contributed by atoms with E-state index in [1.165, 1.54) is 173 Å². The number of aryl methyl sites for hydroxylation is 4. The van der Waals surface area contributed by atoms with Crippen molar-refractivity contribution < 1.29 is 4.68 Å². The van der Waals surface area contributed by atoms with E-state index in [1.807, 2.05) is 4.68 Å². The Kier molecular flexibility index (Phi) is 21.3. The van der Waals surface area contributed by atoms with Gasteiger partial charge < -0.3 is 5.84 Å². The standard InChI is InChI=1S/C49H78N2/c1-7-13-19-21-23-25-27-33-47-46(32-26-24-22-20-14-8-2)48(44-36-40(28-15-9-3)34-41(37-44)29-16-10-4)51(50)49(47)45-38-42(30-17-11-5)35-43(39-45)31-18-12-6/h33-39,50H,7-32H2,1-6H3. The summed E-state index contributed by atoms with van der Waals surface area (Å²) in [6.07, 6.45) is 34.6. The Morgan fingerprint density at radius 1 is 0.431 bits per heavy atom. The van der Waals surface area contributed by atoms with E-state index in [2.05, 4.69) is 84.0 Å². The smallest absolute Gasteiger partial charge is 0.215 e. The molecule has 1 aliphatic rings. The van der Waals surface area contributed by atoms with Crippen LogP contribution in [0.4, 0.5) is 0 Å². The van der Waals surface area contributed by atoms with E-state index < -0.39 is 0 Å². The summed E-state index contributed by atoms with van der Waals surface area (Å²) >= 11 is 0. The van der Waals surface area contributed by atoms with Gasteiger partial charge in [-0.2, -0.15) is 0 Å². The minimum Gasteiger partial charge on any atom is -0.448 e. The van der Waals surface area contributed by atoms with E-state index in [-0.39, 0.29) is 0 Å². The van der Waals surface area contributed by atoms with Crippen molar-refractivity contribution in [1.29, 1.82) is 0 Å². The molecule has 0 fully saturated rings. The van der Waals surface area contributed by atoms with Crippen LogP contribution in [0, 0.1) is 0 Å². The topological polar surface area (TPSA) is 26.8 Å². The predicted octanol–water partition coefficient (Wildman–Crippen LogP) is 15.7. The van der Waals surface area contributed by atoms with Gasteiger partial charge in [0.15, 0.2) is 0 Å². The van der Waals surface area contributed by atoms with Gasteiger partial charge in [-0.3, -0.25) is 0 Å². The number of benzene rings is 2. The minimum absolute atomic E-state index is 1.06. The second kappa shape index (κ2) is 25.4. The van der Waals surface area contributed by atoms with Crippen molar-refractivity contribution in [2.75, 3.05) is 0 Å². The van der Waals surface area contributed by atoms with Gasteiger partial charge in [0.2, 0.25) is 11.4 Å². The number of nitrogens with zero attached hydrogens (tertiary/aromatic N) is 1. The molecule has 2 aromatic rings. The second-order valence-corrected chi connectivity index (χ2v) is 15.7. The summed E-state index contributed by atoms with van der Waals surface area (Å²) in [6.45, 7) is 13.8. The molecule has 284 valence electrons. The van der Waals surface area contributed by atoms with Gasteiger partial charge >= 0.3 is 0 Å². The van der Waals surface area contributed by atoms with E-state index in [4.69, 9.17) is 0 Å². The van der Waals surface area contributed by atoms with Crippen LogP contribution in [0.2, 0.25) is 0 Å². The Hall–Kier alpha value is -2.61. The molecule has 3 rings (SSSR count). The van der Waals surface area contributed by atoms with Gasteiger partial charge in [-0.15, -0.1) is 0 Å². The average molecular weight is 695 g/mol. The molecular formula is C49H78N2. The highest BCUT2D eigenvalue weighted by molar-refractivity contribution is 6.16. The summed E-state index contributed by atoms with van der Waals surface area (Å²) in [6, 6.07) is 14.8. The number of allylic oxidation sites excluding steroid dienone is 3. The lowest BCUT2D eigenvalue weighted by atomic mass is 9.88. The van der Waals surface area contributed by atoms with Crippen LogP contribution in [0.3, 0.4) is 0 Å². The Balaban J connectivity index is 2.21. The molecule has 51 heavy (non-hydrogen) atoms. The fourth-order valence-corrected chi connectivity index (χ4v) is 7.85. The molecular weight excluding hydrogens is 617 g/mol. The molecule has 0 unspecified atom stereocenters. The van der Waals surface area contributed by atoms with Gasteiger partial charge in [0.05, 0.1) is 5.57 Å². The van der Waals surface area contributed by atoms with E-state index in [0.29, 0.717) is 0 Å². The van der Waals surface area contributed by atoms with E-state index in [0.717, 1.165) is 49.9 Å². The van der Waals surface area contributed by atoms with Crippen molar-refractivity contribution >= 4 is 11.4 Å². The van der Waals surface area contributed by atoms with Crippen molar-refractivity contribution in [3.8, 4) is 0 Å². The molecule has 0 spiro atoms. The maximum absolute atomic E-state index is 10.1. The van der Waals surface area contributed by atoms with Gasteiger partial charge in [0, 0.05) is 16.7 Å². The Morgan fingerprint density at radius 3 is 1.27 bits per heavy atom. The molecule has 0 radical (unpaired) electrons. The number of hydrogen-bond donors (Lipinski definition) is 0. The molecule has 1 heterocycles. The predicted molar refractivity (Wildman–Crippen MR) is 227 cm³/mol. The van der Waals surface area contributed by atoms with Crippen LogP contribution in [0.1, 0.15) is 216 Å². The third-order valence-corrected chi connectivity index (χ3v) is 10.9. The Bertz CT molecular complexity index is 1320. The molecule has 0 aliphatic carbocycles. The van der Waals surface area contributed by atoms with Crippen LogP contribution in [0.25, 0.3) is 11.5 Å². The zero-order valence-electron chi connectivity index (χ0n) is 34.4. The SMILES string of the molecule is CCCCCCCCC=C1C(CCCCCCCC)=C(c2cc(CCCC)cc(CCCC)c2)[N+]([NH-])=C1c1cc(CCCC)cc(CCCC)c1. The first-order valence-electron chi connectivity index (χ1n) is 22.1. The van der Waals surface area contributed by atoms with Crippen LogP contribution in [0.15, 0.2) is 53.6 Å².